The first-order valence-electron chi connectivity index (χ1n) is 2.56. The summed E-state index contributed by atoms with van der Waals surface area (Å²) in [5.41, 5.74) is 5.47. The lowest BCUT2D eigenvalue weighted by molar-refractivity contribution is 1.29. The van der Waals surface area contributed by atoms with Crippen LogP contribution in [-0.4, -0.2) is 6.85 Å². The van der Waals surface area contributed by atoms with Crippen LogP contribution in [0.15, 0.2) is 0 Å². The highest BCUT2D eigenvalue weighted by Crippen LogP contribution is 1.86. The van der Waals surface area contributed by atoms with E-state index in [9.17, 15) is 0 Å². The Labute approximate surface area is 40.0 Å². The first-order chi connectivity index (χ1) is 2.81. The fourth-order valence-corrected chi connectivity index (χ4v) is 0.289. The molecule has 0 aliphatic heterocycles. The van der Waals surface area contributed by atoms with Crippen LogP contribution in [0.3, 0.4) is 0 Å². The van der Waals surface area contributed by atoms with E-state index in [1.807, 2.05) is 0 Å². The number of hydrogen-bond acceptors (Lipinski definition) is 1. The molecule has 0 heterocycles. The molecule has 0 saturated carbocycles. The molecule has 0 aliphatic rings. The maximum absolute atomic E-state index is 5.47. The van der Waals surface area contributed by atoms with Crippen LogP contribution < -0.4 is 5.64 Å². The largest absolute Gasteiger partial charge is 0.370 e. The van der Waals surface area contributed by atoms with Gasteiger partial charge in [-0.15, -0.1) is 0 Å². The summed E-state index contributed by atoms with van der Waals surface area (Å²) < 4.78 is 0. The third kappa shape index (κ3) is 2.27. The Morgan fingerprint density at radius 1 is 1.33 bits per heavy atom. The summed E-state index contributed by atoms with van der Waals surface area (Å²) in [5, 5.41) is 0. The molecule has 0 saturated heterocycles. The molecule has 0 aromatic rings. The smallest absolute Gasteiger partial charge is 0.217 e. The lowest BCUT2D eigenvalue weighted by atomic mass is 9.59. The minimum atomic E-state index is 0.435. The van der Waals surface area contributed by atoms with Gasteiger partial charge >= 0.3 is 0 Å². The van der Waals surface area contributed by atoms with Crippen molar-refractivity contribution in [3.63, 3.8) is 0 Å². The van der Waals surface area contributed by atoms with Crippen LogP contribution in [0.2, 0.25) is 12.6 Å². The van der Waals surface area contributed by atoms with E-state index in [-0.39, 0.29) is 0 Å². The van der Waals surface area contributed by atoms with E-state index in [4.69, 9.17) is 5.64 Å². The number of hydrogen-bond donors (Lipinski definition) is 1. The molecule has 36 valence electrons. The molecular formula is C4H12BN. The fraction of sp³-hybridized carbons (Fsp3) is 1.00. The van der Waals surface area contributed by atoms with Crippen LogP contribution in [0, 0.1) is 0 Å². The molecule has 0 unspecified atom stereocenters. The summed E-state index contributed by atoms with van der Waals surface area (Å²) in [7, 11) is 0. The van der Waals surface area contributed by atoms with E-state index in [2.05, 4.69) is 13.8 Å². The fourth-order valence-electron chi connectivity index (χ4n) is 0.289. The summed E-state index contributed by atoms with van der Waals surface area (Å²) in [6, 6.07) is 0. The second-order valence-corrected chi connectivity index (χ2v) is 1.58. The van der Waals surface area contributed by atoms with Crippen molar-refractivity contribution in [1.29, 1.82) is 0 Å². The van der Waals surface area contributed by atoms with Crippen LogP contribution in [-0.2, 0) is 0 Å². The van der Waals surface area contributed by atoms with Gasteiger partial charge in [-0.1, -0.05) is 26.5 Å². The molecule has 0 amide bonds. The van der Waals surface area contributed by atoms with Crippen molar-refractivity contribution in [2.24, 2.45) is 5.64 Å². The number of rotatable bonds is 2. The summed E-state index contributed by atoms with van der Waals surface area (Å²) in [6.07, 6.45) is 2.22. The predicted molar refractivity (Wildman–Crippen MR) is 30.9 cm³/mol. The van der Waals surface area contributed by atoms with E-state index >= 15 is 0 Å². The highest BCUT2D eigenvalue weighted by atomic mass is 14.4. The Hall–Kier alpha value is 0.0249. The molecule has 2 heteroatoms. The monoisotopic (exact) mass is 85.1 g/mol. The highest BCUT2D eigenvalue weighted by Gasteiger charge is 1.96. The predicted octanol–water partition coefficient (Wildman–Crippen LogP) is 0.976. The van der Waals surface area contributed by atoms with E-state index in [0.717, 1.165) is 12.6 Å². The summed E-state index contributed by atoms with van der Waals surface area (Å²) >= 11 is 0. The normalized spacial score (nSPS) is 8.50. The first kappa shape index (κ1) is 6.02. The maximum Gasteiger partial charge on any atom is 0.217 e. The van der Waals surface area contributed by atoms with Crippen molar-refractivity contribution in [1.82, 2.24) is 0 Å². The average Bonchev–Trinajstić information content (AvgIpc) is 1.65. The van der Waals surface area contributed by atoms with Crippen molar-refractivity contribution in [3.8, 4) is 0 Å². The summed E-state index contributed by atoms with van der Waals surface area (Å²) in [6.45, 7) is 4.65. The Bertz CT molecular complexity index is 26.7. The van der Waals surface area contributed by atoms with Crippen molar-refractivity contribution in [2.45, 2.75) is 26.5 Å². The Kier molecular flexibility index (Phi) is 3.24. The van der Waals surface area contributed by atoms with Crippen molar-refractivity contribution < 1.29 is 0 Å². The van der Waals surface area contributed by atoms with Gasteiger partial charge in [-0.05, 0) is 0 Å². The van der Waals surface area contributed by atoms with Gasteiger partial charge in [0.1, 0.15) is 0 Å². The van der Waals surface area contributed by atoms with Crippen molar-refractivity contribution in [3.05, 3.63) is 0 Å². The second-order valence-electron chi connectivity index (χ2n) is 1.58. The zero-order valence-electron chi connectivity index (χ0n) is 4.57. The maximum atomic E-state index is 5.47. The lowest BCUT2D eigenvalue weighted by Gasteiger charge is -1.93. The van der Waals surface area contributed by atoms with Gasteiger partial charge in [0.25, 0.3) is 0 Å². The minimum Gasteiger partial charge on any atom is -0.370 e. The van der Waals surface area contributed by atoms with Crippen LogP contribution in [0.25, 0.3) is 0 Å². The second kappa shape index (κ2) is 3.22. The van der Waals surface area contributed by atoms with Gasteiger partial charge in [-0.2, -0.15) is 0 Å². The highest BCUT2D eigenvalue weighted by molar-refractivity contribution is 6.54. The number of nitrogens with two attached hydrogens (primary N) is 1. The third-order valence-electron chi connectivity index (χ3n) is 1.05. The van der Waals surface area contributed by atoms with E-state index in [0.29, 0.717) is 6.85 Å². The van der Waals surface area contributed by atoms with Crippen LogP contribution in [0.5, 0.6) is 0 Å². The lowest BCUT2D eigenvalue weighted by Crippen LogP contribution is -2.21. The molecule has 0 rings (SSSR count). The van der Waals surface area contributed by atoms with Crippen LogP contribution in [0.4, 0.5) is 0 Å². The van der Waals surface area contributed by atoms with Gasteiger partial charge in [0.15, 0.2) is 0 Å². The van der Waals surface area contributed by atoms with Gasteiger partial charge < -0.3 is 5.64 Å². The molecule has 0 aliphatic carbocycles. The Morgan fingerprint density at radius 2 is 1.67 bits per heavy atom. The molecule has 0 bridgehead atoms. The Balaban J connectivity index is 2.75. The van der Waals surface area contributed by atoms with Gasteiger partial charge in [0.2, 0.25) is 6.85 Å². The van der Waals surface area contributed by atoms with E-state index in [1.165, 1.54) is 0 Å². The molecule has 0 atom stereocenters. The SMILES string of the molecule is CCB(N)CC. The van der Waals surface area contributed by atoms with Crippen molar-refractivity contribution >= 4 is 6.85 Å². The molecule has 1 nitrogen and oxygen atoms in total. The van der Waals surface area contributed by atoms with Gasteiger partial charge in [0, 0.05) is 0 Å². The molecule has 0 radical (unpaired) electrons. The van der Waals surface area contributed by atoms with Crippen molar-refractivity contribution in [2.75, 3.05) is 0 Å². The zero-order chi connectivity index (χ0) is 4.99. The quantitative estimate of drug-likeness (QED) is 0.497. The summed E-state index contributed by atoms with van der Waals surface area (Å²) in [5.74, 6) is 0. The van der Waals surface area contributed by atoms with Crippen LogP contribution >= 0.6 is 0 Å². The topological polar surface area (TPSA) is 26.0 Å². The van der Waals surface area contributed by atoms with Gasteiger partial charge in [-0.25, -0.2) is 0 Å². The Morgan fingerprint density at radius 3 is 1.67 bits per heavy atom. The van der Waals surface area contributed by atoms with E-state index in [1.54, 1.807) is 0 Å². The first-order valence-corrected chi connectivity index (χ1v) is 2.56. The molecule has 6 heavy (non-hydrogen) atoms. The molecule has 0 fully saturated rings. The standard InChI is InChI=1S/C4H12BN/c1-3-5(6)4-2/h3-4,6H2,1-2H3. The van der Waals surface area contributed by atoms with Gasteiger partial charge in [-0.3, -0.25) is 0 Å². The molecule has 2 N–H and O–H groups in total. The van der Waals surface area contributed by atoms with Gasteiger partial charge in [0.05, 0.1) is 0 Å². The molecule has 0 aromatic carbocycles. The molecule has 0 aromatic heterocycles. The van der Waals surface area contributed by atoms with Crippen LogP contribution in [0.1, 0.15) is 13.8 Å². The average molecular weight is 85.0 g/mol. The third-order valence-corrected chi connectivity index (χ3v) is 1.05. The summed E-state index contributed by atoms with van der Waals surface area (Å²) in [4.78, 5) is 0. The molecular weight excluding hydrogens is 72.9 g/mol. The zero-order valence-corrected chi connectivity index (χ0v) is 4.57. The minimum absolute atomic E-state index is 0.435. The molecule has 0 spiro atoms. The van der Waals surface area contributed by atoms with E-state index < -0.39 is 0 Å².